The van der Waals surface area contributed by atoms with Crippen LogP contribution in [0.2, 0.25) is 0 Å². The van der Waals surface area contributed by atoms with E-state index in [1.165, 1.54) is 11.3 Å². The normalized spacial score (nSPS) is 12.1. The summed E-state index contributed by atoms with van der Waals surface area (Å²) >= 11 is 2.84. The number of thiazole rings is 1. The molecule has 2 heterocycles. The summed E-state index contributed by atoms with van der Waals surface area (Å²) in [6, 6.07) is 1.07. The summed E-state index contributed by atoms with van der Waals surface area (Å²) in [7, 11) is 0. The van der Waals surface area contributed by atoms with Crippen LogP contribution in [0.25, 0.3) is 10.6 Å². The highest BCUT2D eigenvalue weighted by atomic mass is 32.1. The lowest BCUT2D eigenvalue weighted by Crippen LogP contribution is -2.40. The van der Waals surface area contributed by atoms with E-state index in [-0.39, 0.29) is 5.91 Å². The fraction of sp³-hybridized carbons (Fsp3) is 0.308. The summed E-state index contributed by atoms with van der Waals surface area (Å²) in [5.41, 5.74) is 1.60. The predicted molar refractivity (Wildman–Crippen MR) is 79.3 cm³/mol. The van der Waals surface area contributed by atoms with Gasteiger partial charge in [-0.2, -0.15) is 11.3 Å². The van der Waals surface area contributed by atoms with Crippen molar-refractivity contribution < 1.29 is 14.7 Å². The quantitative estimate of drug-likeness (QED) is 0.890. The van der Waals surface area contributed by atoms with E-state index >= 15 is 0 Å². The third-order valence-corrected chi connectivity index (χ3v) is 4.67. The average molecular weight is 310 g/mol. The maximum Gasteiger partial charge on any atom is 0.326 e. The smallest absolute Gasteiger partial charge is 0.326 e. The third-order valence-electron chi connectivity index (χ3n) is 2.78. The number of hydrogen-bond acceptors (Lipinski definition) is 5. The van der Waals surface area contributed by atoms with Crippen LogP contribution in [0, 0.1) is 6.92 Å². The molecular formula is C13H14N2O3S2. The Balaban J connectivity index is 2.21. The zero-order chi connectivity index (χ0) is 14.7. The first-order valence-electron chi connectivity index (χ1n) is 6.06. The second-order valence-corrected chi connectivity index (χ2v) is 6.00. The molecule has 20 heavy (non-hydrogen) atoms. The van der Waals surface area contributed by atoms with Gasteiger partial charge in [-0.15, -0.1) is 11.3 Å². The molecule has 1 atom stereocenters. The molecule has 2 aromatic heterocycles. The van der Waals surface area contributed by atoms with Crippen molar-refractivity contribution in [2.24, 2.45) is 0 Å². The first kappa shape index (κ1) is 14.7. The fourth-order valence-corrected chi connectivity index (χ4v) is 3.36. The summed E-state index contributed by atoms with van der Waals surface area (Å²) in [4.78, 5) is 27.9. The van der Waals surface area contributed by atoms with Gasteiger partial charge < -0.3 is 10.4 Å². The molecule has 2 aromatic rings. The standard InChI is InChI=1S/C13H14N2O3S2/c1-3-9(13(17)18)15-11(16)10-7(2)14-12(20-10)8-4-5-19-6-8/h4-6,9H,3H2,1-2H3,(H,15,16)(H,17,18)/t9-/m0/s1. The zero-order valence-electron chi connectivity index (χ0n) is 11.0. The van der Waals surface area contributed by atoms with Crippen LogP contribution < -0.4 is 5.32 Å². The minimum absolute atomic E-state index is 0.344. The molecule has 0 aliphatic heterocycles. The first-order valence-corrected chi connectivity index (χ1v) is 7.82. The monoisotopic (exact) mass is 310 g/mol. The van der Waals surface area contributed by atoms with Crippen molar-refractivity contribution in [2.75, 3.05) is 0 Å². The maximum atomic E-state index is 12.1. The molecule has 1 amide bonds. The van der Waals surface area contributed by atoms with Gasteiger partial charge in [-0.25, -0.2) is 9.78 Å². The van der Waals surface area contributed by atoms with Gasteiger partial charge in [-0.1, -0.05) is 6.92 Å². The molecule has 2 N–H and O–H groups in total. The largest absolute Gasteiger partial charge is 0.480 e. The minimum atomic E-state index is -1.03. The van der Waals surface area contributed by atoms with Crippen LogP contribution in [0.4, 0.5) is 0 Å². The van der Waals surface area contributed by atoms with E-state index in [0.29, 0.717) is 17.0 Å². The molecule has 0 aliphatic rings. The van der Waals surface area contributed by atoms with Gasteiger partial charge in [0.15, 0.2) is 0 Å². The molecule has 0 radical (unpaired) electrons. The topological polar surface area (TPSA) is 79.3 Å². The van der Waals surface area contributed by atoms with Gasteiger partial charge in [0, 0.05) is 10.9 Å². The molecule has 5 nitrogen and oxygen atoms in total. The maximum absolute atomic E-state index is 12.1. The van der Waals surface area contributed by atoms with Crippen LogP contribution in [0.3, 0.4) is 0 Å². The lowest BCUT2D eigenvalue weighted by molar-refractivity contribution is -0.139. The number of carboxylic acids is 1. The molecule has 106 valence electrons. The Morgan fingerprint density at radius 3 is 2.80 bits per heavy atom. The highest BCUT2D eigenvalue weighted by Crippen LogP contribution is 2.29. The second-order valence-electron chi connectivity index (χ2n) is 4.22. The zero-order valence-corrected chi connectivity index (χ0v) is 12.7. The van der Waals surface area contributed by atoms with E-state index in [1.807, 2.05) is 16.8 Å². The summed E-state index contributed by atoms with van der Waals surface area (Å²) in [6.45, 7) is 3.47. The van der Waals surface area contributed by atoms with Gasteiger partial charge in [0.25, 0.3) is 5.91 Å². The van der Waals surface area contributed by atoms with E-state index in [4.69, 9.17) is 5.11 Å². The third kappa shape index (κ3) is 3.05. The van der Waals surface area contributed by atoms with Crippen LogP contribution in [0.5, 0.6) is 0 Å². The number of carbonyl (C=O) groups is 2. The first-order chi connectivity index (χ1) is 9.52. The number of carboxylic acid groups (broad SMARTS) is 1. The van der Waals surface area contributed by atoms with E-state index in [1.54, 1.807) is 25.2 Å². The number of aryl methyl sites for hydroxylation is 1. The lowest BCUT2D eigenvalue weighted by Gasteiger charge is -2.11. The number of hydrogen-bond donors (Lipinski definition) is 2. The molecule has 2 rings (SSSR count). The Morgan fingerprint density at radius 2 is 2.25 bits per heavy atom. The van der Waals surface area contributed by atoms with Crippen molar-refractivity contribution in [3.05, 3.63) is 27.4 Å². The highest BCUT2D eigenvalue weighted by molar-refractivity contribution is 7.17. The Bertz CT molecular complexity index is 620. The molecule has 0 bridgehead atoms. The Labute approximate surface area is 124 Å². The van der Waals surface area contributed by atoms with Gasteiger partial charge in [-0.3, -0.25) is 4.79 Å². The highest BCUT2D eigenvalue weighted by Gasteiger charge is 2.22. The fourth-order valence-electron chi connectivity index (χ4n) is 1.68. The summed E-state index contributed by atoms with van der Waals surface area (Å²) in [5, 5.41) is 16.2. The van der Waals surface area contributed by atoms with Crippen LogP contribution in [-0.2, 0) is 4.79 Å². The minimum Gasteiger partial charge on any atom is -0.480 e. The molecule has 0 aliphatic carbocycles. The number of nitrogens with one attached hydrogen (secondary N) is 1. The van der Waals surface area contributed by atoms with E-state index in [0.717, 1.165) is 10.6 Å². The van der Waals surface area contributed by atoms with Crippen molar-refractivity contribution in [3.8, 4) is 10.6 Å². The molecule has 0 unspecified atom stereocenters. The molecule has 0 saturated carbocycles. The number of aromatic nitrogens is 1. The predicted octanol–water partition coefficient (Wildman–Crippen LogP) is 2.77. The van der Waals surface area contributed by atoms with Gasteiger partial charge in [0.2, 0.25) is 0 Å². The Morgan fingerprint density at radius 1 is 1.50 bits per heavy atom. The SMILES string of the molecule is CC[C@H](NC(=O)c1sc(-c2ccsc2)nc1C)C(=O)O. The van der Waals surface area contributed by atoms with E-state index in [9.17, 15) is 9.59 Å². The number of amides is 1. The summed E-state index contributed by atoms with van der Waals surface area (Å²) < 4.78 is 0. The molecule has 0 spiro atoms. The van der Waals surface area contributed by atoms with E-state index in [2.05, 4.69) is 10.3 Å². The molecule has 7 heteroatoms. The van der Waals surface area contributed by atoms with Crippen molar-refractivity contribution in [1.29, 1.82) is 0 Å². The van der Waals surface area contributed by atoms with Gasteiger partial charge >= 0.3 is 5.97 Å². The Kier molecular flexibility index (Phi) is 4.51. The second kappa shape index (κ2) is 6.15. The number of aliphatic carboxylic acids is 1. The number of carbonyl (C=O) groups excluding carboxylic acids is 1. The van der Waals surface area contributed by atoms with Crippen LogP contribution >= 0.6 is 22.7 Å². The number of rotatable bonds is 5. The molecule has 0 saturated heterocycles. The molecule has 0 aromatic carbocycles. The van der Waals surface area contributed by atoms with Crippen LogP contribution in [0.15, 0.2) is 16.8 Å². The summed E-state index contributed by atoms with van der Waals surface area (Å²) in [6.07, 6.45) is 0.344. The molecule has 0 fully saturated rings. The average Bonchev–Trinajstić information content (AvgIpc) is 3.03. The molecular weight excluding hydrogens is 296 g/mol. The van der Waals surface area contributed by atoms with E-state index < -0.39 is 12.0 Å². The summed E-state index contributed by atoms with van der Waals surface area (Å²) in [5.74, 6) is -1.41. The van der Waals surface area contributed by atoms with Crippen molar-refractivity contribution in [2.45, 2.75) is 26.3 Å². The van der Waals surface area contributed by atoms with Gasteiger partial charge in [0.1, 0.15) is 15.9 Å². The van der Waals surface area contributed by atoms with Crippen LogP contribution in [0.1, 0.15) is 28.7 Å². The van der Waals surface area contributed by atoms with Gasteiger partial charge in [0.05, 0.1) is 5.69 Å². The van der Waals surface area contributed by atoms with Crippen molar-refractivity contribution >= 4 is 34.6 Å². The number of nitrogens with zero attached hydrogens (tertiary/aromatic N) is 1. The van der Waals surface area contributed by atoms with Gasteiger partial charge in [-0.05, 0) is 24.8 Å². The number of thiophene rings is 1. The Hall–Kier alpha value is -1.73. The van der Waals surface area contributed by atoms with Crippen molar-refractivity contribution in [1.82, 2.24) is 10.3 Å². The van der Waals surface area contributed by atoms with Crippen LogP contribution in [-0.4, -0.2) is 28.0 Å². The lowest BCUT2D eigenvalue weighted by atomic mass is 10.2. The van der Waals surface area contributed by atoms with Crippen molar-refractivity contribution in [3.63, 3.8) is 0 Å².